The maximum absolute atomic E-state index is 14.8. The number of carbonyl (C=O) groups excluding carboxylic acids is 7. The Morgan fingerprint density at radius 1 is 0.948 bits per heavy atom. The van der Waals surface area contributed by atoms with Gasteiger partial charge in [0.15, 0.2) is 5.78 Å². The van der Waals surface area contributed by atoms with E-state index in [4.69, 9.17) is 10.5 Å². The van der Waals surface area contributed by atoms with E-state index in [9.17, 15) is 33.6 Å². The van der Waals surface area contributed by atoms with Gasteiger partial charge in [-0.1, -0.05) is 98.9 Å². The number of urea groups is 1. The highest BCUT2D eigenvalue weighted by atomic mass is 16.6. The van der Waals surface area contributed by atoms with Gasteiger partial charge in [-0.15, -0.1) is 0 Å². The second-order valence-corrected chi connectivity index (χ2v) is 20.1. The van der Waals surface area contributed by atoms with Crippen molar-refractivity contribution in [1.29, 1.82) is 0 Å². The first-order valence-corrected chi connectivity index (χ1v) is 21.1. The zero-order chi connectivity index (χ0) is 42.7. The first kappa shape index (κ1) is 44.6. The molecule has 0 bridgehead atoms. The van der Waals surface area contributed by atoms with Gasteiger partial charge in [-0.25, -0.2) is 9.59 Å². The van der Waals surface area contributed by atoms with Gasteiger partial charge < -0.3 is 35.8 Å². The zero-order valence-electron chi connectivity index (χ0n) is 35.9. The van der Waals surface area contributed by atoms with Crippen LogP contribution in [0.3, 0.4) is 0 Å². The lowest BCUT2D eigenvalue weighted by atomic mass is 9.76. The Morgan fingerprint density at radius 3 is 2.21 bits per heavy atom. The lowest BCUT2D eigenvalue weighted by Crippen LogP contribution is -2.61. The number of amides is 6. The Bertz CT molecular complexity index is 1740. The summed E-state index contributed by atoms with van der Waals surface area (Å²) in [6.07, 6.45) is 3.41. The zero-order valence-corrected chi connectivity index (χ0v) is 35.9. The van der Waals surface area contributed by atoms with Crippen LogP contribution >= 0.6 is 0 Å². The third kappa shape index (κ3) is 11.2. The molecule has 0 spiro atoms. The molecular formula is C44H66N6O8. The summed E-state index contributed by atoms with van der Waals surface area (Å²) in [5.41, 5.74) is 6.26. The lowest BCUT2D eigenvalue weighted by molar-refractivity contribution is -0.143. The fraction of sp³-hybridized carbons (Fsp3) is 0.705. The van der Waals surface area contributed by atoms with Gasteiger partial charge in [-0.3, -0.25) is 24.0 Å². The molecule has 1 aromatic carbocycles. The van der Waals surface area contributed by atoms with E-state index in [0.717, 1.165) is 31.2 Å². The summed E-state index contributed by atoms with van der Waals surface area (Å²) in [7, 11) is 0. The van der Waals surface area contributed by atoms with Crippen LogP contribution in [-0.2, 0) is 41.7 Å². The number of fused-ring (bicyclic) bond motifs is 1. The maximum atomic E-state index is 14.8. The number of hydrogen-bond acceptors (Lipinski definition) is 8. The molecule has 1 aromatic rings. The van der Waals surface area contributed by atoms with Crippen LogP contribution in [0.2, 0.25) is 0 Å². The van der Waals surface area contributed by atoms with Crippen molar-refractivity contribution in [3.63, 3.8) is 0 Å². The van der Waals surface area contributed by atoms with Crippen molar-refractivity contribution in [1.82, 2.24) is 25.3 Å². The summed E-state index contributed by atoms with van der Waals surface area (Å²) >= 11 is 0. The molecular weight excluding hydrogens is 741 g/mol. The minimum absolute atomic E-state index is 0.00250. The normalized spacial score (nSPS) is 22.6. The number of benzene rings is 1. The van der Waals surface area contributed by atoms with E-state index in [1.165, 1.54) is 10.5 Å². The fourth-order valence-corrected chi connectivity index (χ4v) is 8.56. The molecule has 5 atom stereocenters. The summed E-state index contributed by atoms with van der Waals surface area (Å²) in [6, 6.07) is 4.65. The predicted octanol–water partition coefficient (Wildman–Crippen LogP) is 4.75. The molecule has 2 saturated heterocycles. The molecule has 1 unspecified atom stereocenters. The Kier molecular flexibility index (Phi) is 13.7. The number of ketones is 2. The van der Waals surface area contributed by atoms with Crippen molar-refractivity contribution >= 4 is 41.4 Å². The molecule has 3 heterocycles. The van der Waals surface area contributed by atoms with E-state index in [1.807, 2.05) is 65.8 Å². The molecule has 4 N–H and O–H groups in total. The third-order valence-electron chi connectivity index (χ3n) is 12.7. The van der Waals surface area contributed by atoms with Crippen LogP contribution in [0.25, 0.3) is 0 Å². The Morgan fingerprint density at radius 2 is 1.62 bits per heavy atom. The van der Waals surface area contributed by atoms with Crippen LogP contribution in [0.1, 0.15) is 118 Å². The third-order valence-corrected chi connectivity index (χ3v) is 12.7. The average molecular weight is 807 g/mol. The Labute approximate surface area is 343 Å². The summed E-state index contributed by atoms with van der Waals surface area (Å²) in [5.74, 6) is -3.56. The largest absolute Gasteiger partial charge is 0.444 e. The highest BCUT2D eigenvalue weighted by molar-refractivity contribution is 6.36. The molecule has 1 saturated carbocycles. The molecule has 3 fully saturated rings. The summed E-state index contributed by atoms with van der Waals surface area (Å²) in [6.45, 7) is 17.1. The minimum Gasteiger partial charge on any atom is -0.444 e. The lowest BCUT2D eigenvalue weighted by Gasteiger charge is -2.41. The van der Waals surface area contributed by atoms with Gasteiger partial charge in [0.05, 0.1) is 18.6 Å². The first-order valence-electron chi connectivity index (χ1n) is 21.1. The second-order valence-electron chi connectivity index (χ2n) is 20.1. The number of carbonyl (C=O) groups is 7. The van der Waals surface area contributed by atoms with Gasteiger partial charge in [0.25, 0.3) is 5.91 Å². The van der Waals surface area contributed by atoms with Crippen molar-refractivity contribution in [3.05, 3.63) is 35.4 Å². The van der Waals surface area contributed by atoms with E-state index in [1.54, 1.807) is 9.80 Å². The minimum atomic E-state index is -1.12. The van der Waals surface area contributed by atoms with Crippen molar-refractivity contribution in [2.24, 2.45) is 33.8 Å². The number of primary amides is 1. The topological polar surface area (TPSA) is 189 Å². The predicted molar refractivity (Wildman–Crippen MR) is 218 cm³/mol. The number of nitrogens with two attached hydrogens (primary N) is 1. The summed E-state index contributed by atoms with van der Waals surface area (Å²) in [5, 5.41) is 5.95. The van der Waals surface area contributed by atoms with Crippen LogP contribution in [-0.4, -0.2) is 107 Å². The van der Waals surface area contributed by atoms with E-state index in [2.05, 4.69) is 24.5 Å². The number of likely N-dealkylation sites (tertiary alicyclic amines) is 2. The SMILES string of the molecule is CC1(C)CCN(C[C@@H](NC(=O)N[C@H](C(=O)N2C[C@H](OC(=O)N3CCc4ccccc4C3)C[C@H]2C(=O)CC(CC2CCC2)C(=O)C(N)=O)C(C)(C)C)C(C)(C)C)C(=O)C1. The number of rotatable bonds is 13. The molecule has 58 heavy (non-hydrogen) atoms. The van der Waals surface area contributed by atoms with Gasteiger partial charge in [-0.2, -0.15) is 0 Å². The van der Waals surface area contributed by atoms with Crippen molar-refractivity contribution < 1.29 is 38.3 Å². The van der Waals surface area contributed by atoms with Gasteiger partial charge >= 0.3 is 12.1 Å². The second kappa shape index (κ2) is 17.8. The quantitative estimate of drug-likeness (QED) is 0.238. The van der Waals surface area contributed by atoms with Crippen molar-refractivity contribution in [3.8, 4) is 0 Å². The summed E-state index contributed by atoms with van der Waals surface area (Å²) < 4.78 is 6.01. The number of Topliss-reactive ketones (excluding diaryl/α,β-unsaturated/α-hetero) is 2. The van der Waals surface area contributed by atoms with Crippen molar-refractivity contribution in [2.45, 2.75) is 144 Å². The first-order chi connectivity index (χ1) is 27.0. The number of nitrogens with zero attached hydrogens (tertiary/aromatic N) is 3. The number of piperidine rings is 1. The fourth-order valence-electron chi connectivity index (χ4n) is 8.56. The van der Waals surface area contributed by atoms with E-state index < -0.39 is 76.5 Å². The van der Waals surface area contributed by atoms with Crippen molar-refractivity contribution in [2.75, 3.05) is 26.2 Å². The maximum Gasteiger partial charge on any atom is 0.410 e. The number of ether oxygens (including phenoxy) is 1. The molecule has 6 amide bonds. The van der Waals surface area contributed by atoms with Crippen LogP contribution in [0.15, 0.2) is 24.3 Å². The number of hydrogen-bond donors (Lipinski definition) is 3. The van der Waals surface area contributed by atoms with E-state index in [-0.39, 0.29) is 36.6 Å². The molecule has 320 valence electrons. The molecule has 0 radical (unpaired) electrons. The van der Waals surface area contributed by atoms with Crippen LogP contribution < -0.4 is 16.4 Å². The van der Waals surface area contributed by atoms with Gasteiger partial charge in [0.2, 0.25) is 17.6 Å². The van der Waals surface area contributed by atoms with Gasteiger partial charge in [0, 0.05) is 51.4 Å². The average Bonchev–Trinajstić information content (AvgIpc) is 3.54. The molecule has 4 aliphatic rings. The highest BCUT2D eigenvalue weighted by Gasteiger charge is 2.47. The highest BCUT2D eigenvalue weighted by Crippen LogP contribution is 2.36. The van der Waals surface area contributed by atoms with Gasteiger partial charge in [-0.05, 0) is 52.6 Å². The van der Waals surface area contributed by atoms with Crippen LogP contribution in [0.4, 0.5) is 9.59 Å². The standard InChI is InChI=1S/C44H66N6O8/c1-42(2,3)34(26-48-19-17-44(7,8)23-35(48)52)46-40(56)47-37(43(4,5)6)39(55)50-25-31(58-41(57)49-18-16-28-14-9-10-15-29(28)24-49)22-32(50)33(51)21-30(36(53)38(45)54)20-27-12-11-13-27/h9-10,14-15,27,30-32,34,37H,11-13,16-26H2,1-8H3,(H2,45,54)(H2,46,47,56)/t30?,31-,32+,34-,37-/m1/s1. The monoisotopic (exact) mass is 806 g/mol. The Hall–Kier alpha value is -4.49. The Balaban J connectivity index is 1.35. The van der Waals surface area contributed by atoms with Crippen LogP contribution in [0, 0.1) is 28.1 Å². The van der Waals surface area contributed by atoms with E-state index >= 15 is 0 Å². The van der Waals surface area contributed by atoms with E-state index in [0.29, 0.717) is 45.4 Å². The molecule has 14 nitrogen and oxygen atoms in total. The van der Waals surface area contributed by atoms with Crippen LogP contribution in [0.5, 0.6) is 0 Å². The molecule has 0 aromatic heterocycles. The van der Waals surface area contributed by atoms with Gasteiger partial charge in [0.1, 0.15) is 12.1 Å². The molecule has 14 heteroatoms. The smallest absolute Gasteiger partial charge is 0.410 e. The summed E-state index contributed by atoms with van der Waals surface area (Å²) in [4.78, 5) is 99.4. The number of nitrogens with one attached hydrogen (secondary N) is 2. The molecule has 3 aliphatic heterocycles. The molecule has 1 aliphatic carbocycles. The molecule has 5 rings (SSSR count).